The summed E-state index contributed by atoms with van der Waals surface area (Å²) in [5.74, 6) is -2.50. The lowest BCUT2D eigenvalue weighted by molar-refractivity contribution is 0.0117. The second-order valence-corrected chi connectivity index (χ2v) is 6.91. The summed E-state index contributed by atoms with van der Waals surface area (Å²) in [6.07, 6.45) is 1.58. The second kappa shape index (κ2) is 6.83. The third-order valence-electron chi connectivity index (χ3n) is 3.64. The van der Waals surface area contributed by atoms with E-state index in [2.05, 4.69) is 5.32 Å². The molecule has 22 heavy (non-hydrogen) atoms. The molecule has 7 heteroatoms. The van der Waals surface area contributed by atoms with Gasteiger partial charge in [-0.1, -0.05) is 17.8 Å². The molecule has 1 aromatic rings. The van der Waals surface area contributed by atoms with E-state index in [0.717, 1.165) is 12.8 Å². The van der Waals surface area contributed by atoms with Crippen LogP contribution >= 0.6 is 11.8 Å². The predicted molar refractivity (Wildman–Crippen MR) is 83.3 cm³/mol. The van der Waals surface area contributed by atoms with Crippen molar-refractivity contribution in [3.63, 3.8) is 0 Å². The lowest BCUT2D eigenvalue weighted by Gasteiger charge is -2.33. The molecule has 1 aliphatic rings. The lowest BCUT2D eigenvalue weighted by atomic mass is 9.97. The number of halogens is 2. The van der Waals surface area contributed by atoms with Gasteiger partial charge in [0.25, 0.3) is 5.76 Å². The van der Waals surface area contributed by atoms with Crippen LogP contribution in [0.25, 0.3) is 0 Å². The minimum atomic E-state index is -2.50. The van der Waals surface area contributed by atoms with Crippen LogP contribution in [0.1, 0.15) is 26.7 Å². The number of thioether (sulfide) groups is 1. The molecule has 0 spiro atoms. The molecule has 0 aliphatic carbocycles. The molecule has 1 aromatic carbocycles. The number of carbonyl (C=O) groups excluding carboxylic acids is 1. The summed E-state index contributed by atoms with van der Waals surface area (Å²) in [5.41, 5.74) is -0.502. The number of benzene rings is 1. The molecule has 4 nitrogen and oxygen atoms in total. The van der Waals surface area contributed by atoms with Crippen LogP contribution in [-0.2, 0) is 0 Å². The van der Waals surface area contributed by atoms with Crippen LogP contribution in [0.2, 0.25) is 0 Å². The summed E-state index contributed by atoms with van der Waals surface area (Å²) < 4.78 is 24.8. The molecule has 0 bridgehead atoms. The van der Waals surface area contributed by atoms with Crippen LogP contribution in [-0.4, -0.2) is 40.0 Å². The van der Waals surface area contributed by atoms with Gasteiger partial charge >= 0.3 is 6.03 Å². The van der Waals surface area contributed by atoms with Crippen LogP contribution in [0.5, 0.6) is 0 Å². The molecule has 2 rings (SSSR count). The quantitative estimate of drug-likeness (QED) is 0.826. The normalized spacial score (nSPS) is 18.8. The van der Waals surface area contributed by atoms with Crippen LogP contribution in [0, 0.1) is 0 Å². The Bertz CT molecular complexity index is 535. The monoisotopic (exact) mass is 330 g/mol. The number of likely N-dealkylation sites (tertiary alicyclic amines) is 1. The summed E-state index contributed by atoms with van der Waals surface area (Å²) in [7, 11) is 0. The molecular weight excluding hydrogens is 310 g/mol. The minimum Gasteiger partial charge on any atom is -0.388 e. The molecule has 2 N–H and O–H groups in total. The van der Waals surface area contributed by atoms with Crippen LogP contribution in [0.15, 0.2) is 29.2 Å². The number of alkyl halides is 2. The van der Waals surface area contributed by atoms with Gasteiger partial charge in [-0.2, -0.15) is 8.78 Å². The predicted octanol–water partition coefficient (Wildman–Crippen LogP) is 3.77. The summed E-state index contributed by atoms with van der Waals surface area (Å²) in [5, 5.41) is 12.9. The Hall–Kier alpha value is -1.34. The SMILES string of the molecule is CC(C)(O)C1CCCN1C(=O)Nc1cccc(SC(F)F)c1. The van der Waals surface area contributed by atoms with E-state index in [1.807, 2.05) is 0 Å². The molecule has 1 unspecified atom stereocenters. The van der Waals surface area contributed by atoms with Gasteiger partial charge in [-0.25, -0.2) is 4.79 Å². The zero-order chi connectivity index (χ0) is 16.3. The van der Waals surface area contributed by atoms with E-state index in [0.29, 0.717) is 28.9 Å². The number of urea groups is 1. The first-order chi connectivity index (χ1) is 10.3. The third kappa shape index (κ3) is 4.33. The number of amides is 2. The highest BCUT2D eigenvalue weighted by atomic mass is 32.2. The van der Waals surface area contributed by atoms with E-state index in [-0.39, 0.29) is 12.1 Å². The fraction of sp³-hybridized carbons (Fsp3) is 0.533. The molecule has 1 fully saturated rings. The third-order valence-corrected chi connectivity index (χ3v) is 4.34. The lowest BCUT2D eigenvalue weighted by Crippen LogP contribution is -2.49. The highest BCUT2D eigenvalue weighted by Gasteiger charge is 2.38. The topological polar surface area (TPSA) is 52.6 Å². The van der Waals surface area contributed by atoms with Crippen LogP contribution in [0.3, 0.4) is 0 Å². The van der Waals surface area contributed by atoms with Gasteiger partial charge in [0.05, 0.1) is 11.6 Å². The van der Waals surface area contributed by atoms with E-state index < -0.39 is 11.4 Å². The van der Waals surface area contributed by atoms with Gasteiger partial charge < -0.3 is 15.3 Å². The number of nitrogens with one attached hydrogen (secondary N) is 1. The number of rotatable bonds is 4. The van der Waals surface area contributed by atoms with Crippen LogP contribution < -0.4 is 5.32 Å². The van der Waals surface area contributed by atoms with Gasteiger partial charge in [0, 0.05) is 17.1 Å². The Morgan fingerprint density at radius 2 is 2.23 bits per heavy atom. The standard InChI is InChI=1S/C15H20F2N2O2S/c1-15(2,21)12-7-4-8-19(12)14(20)18-10-5-3-6-11(9-10)22-13(16)17/h3,5-6,9,12-13,21H,4,7-8H2,1-2H3,(H,18,20). The molecule has 0 radical (unpaired) electrons. The summed E-state index contributed by atoms with van der Waals surface area (Å²) >= 11 is 0.438. The highest BCUT2D eigenvalue weighted by Crippen LogP contribution is 2.29. The van der Waals surface area contributed by atoms with Gasteiger partial charge in [0.2, 0.25) is 0 Å². The van der Waals surface area contributed by atoms with Crippen molar-refractivity contribution in [2.24, 2.45) is 0 Å². The van der Waals surface area contributed by atoms with Gasteiger partial charge in [-0.05, 0) is 44.9 Å². The largest absolute Gasteiger partial charge is 0.388 e. The zero-order valence-corrected chi connectivity index (χ0v) is 13.4. The van der Waals surface area contributed by atoms with E-state index in [1.165, 1.54) is 6.07 Å². The maximum Gasteiger partial charge on any atom is 0.322 e. The maximum atomic E-state index is 12.4. The summed E-state index contributed by atoms with van der Waals surface area (Å²) in [6, 6.07) is 5.81. The summed E-state index contributed by atoms with van der Waals surface area (Å²) in [4.78, 5) is 14.4. The van der Waals surface area contributed by atoms with E-state index in [9.17, 15) is 18.7 Å². The molecule has 122 valence electrons. The van der Waals surface area contributed by atoms with E-state index in [1.54, 1.807) is 36.9 Å². The van der Waals surface area contributed by atoms with Gasteiger partial charge in [-0.15, -0.1) is 0 Å². The van der Waals surface area contributed by atoms with Gasteiger partial charge in [-0.3, -0.25) is 0 Å². The fourth-order valence-corrected chi connectivity index (χ4v) is 3.25. The molecule has 1 aliphatic heterocycles. The molecule has 0 saturated carbocycles. The molecule has 1 heterocycles. The van der Waals surface area contributed by atoms with Gasteiger partial charge in [0.15, 0.2) is 0 Å². The average molecular weight is 330 g/mol. The van der Waals surface area contributed by atoms with Crippen molar-refractivity contribution < 1.29 is 18.7 Å². The van der Waals surface area contributed by atoms with Crippen molar-refractivity contribution in [1.82, 2.24) is 4.90 Å². The average Bonchev–Trinajstić information content (AvgIpc) is 2.87. The highest BCUT2D eigenvalue weighted by molar-refractivity contribution is 7.99. The Labute approximate surface area is 132 Å². The zero-order valence-electron chi connectivity index (χ0n) is 12.6. The molecule has 2 amide bonds. The minimum absolute atomic E-state index is 0.244. The molecular formula is C15H20F2N2O2S. The maximum absolute atomic E-state index is 12.4. The smallest absolute Gasteiger partial charge is 0.322 e. The number of hydrogen-bond acceptors (Lipinski definition) is 3. The van der Waals surface area contributed by atoms with Crippen molar-refractivity contribution in [2.75, 3.05) is 11.9 Å². The molecule has 1 atom stereocenters. The van der Waals surface area contributed by atoms with Crippen molar-refractivity contribution in [2.45, 2.75) is 49.0 Å². The molecule has 1 saturated heterocycles. The Balaban J connectivity index is 2.05. The van der Waals surface area contributed by atoms with Crippen LogP contribution in [0.4, 0.5) is 19.3 Å². The first kappa shape index (κ1) is 17.0. The Morgan fingerprint density at radius 1 is 1.50 bits per heavy atom. The van der Waals surface area contributed by atoms with E-state index >= 15 is 0 Å². The Kier molecular flexibility index (Phi) is 5.28. The van der Waals surface area contributed by atoms with Crippen molar-refractivity contribution in [3.8, 4) is 0 Å². The first-order valence-electron chi connectivity index (χ1n) is 7.12. The van der Waals surface area contributed by atoms with Crippen molar-refractivity contribution in [1.29, 1.82) is 0 Å². The fourth-order valence-electron chi connectivity index (χ4n) is 2.69. The summed E-state index contributed by atoms with van der Waals surface area (Å²) in [6.45, 7) is 3.94. The Morgan fingerprint density at radius 3 is 2.86 bits per heavy atom. The number of anilines is 1. The molecule has 0 aromatic heterocycles. The first-order valence-corrected chi connectivity index (χ1v) is 8.00. The van der Waals surface area contributed by atoms with Crippen molar-refractivity contribution in [3.05, 3.63) is 24.3 Å². The number of nitrogens with zero attached hydrogens (tertiary/aromatic N) is 1. The number of carbonyl (C=O) groups is 1. The number of aliphatic hydroxyl groups is 1. The van der Waals surface area contributed by atoms with Gasteiger partial charge in [0.1, 0.15) is 0 Å². The van der Waals surface area contributed by atoms with Crippen molar-refractivity contribution >= 4 is 23.5 Å². The second-order valence-electron chi connectivity index (χ2n) is 5.84. The van der Waals surface area contributed by atoms with E-state index in [4.69, 9.17) is 0 Å². The number of hydrogen-bond donors (Lipinski definition) is 2.